The Morgan fingerprint density at radius 3 is 2.17 bits per heavy atom. The molecule has 3 aromatic carbocycles. The molecular formula is C43H48F5N3O6S. The Bertz CT molecular complexity index is 2200. The normalized spacial score (nSPS) is 15.4. The van der Waals surface area contributed by atoms with Crippen molar-refractivity contribution in [1.29, 1.82) is 0 Å². The Balaban J connectivity index is 1.63. The number of methoxy groups -OCH3 is 1. The average molecular weight is 830 g/mol. The number of hydrogen-bond donors (Lipinski definition) is 2. The molecule has 15 heteroatoms. The number of pyridine rings is 1. The standard InChI is InChI=1S/C43H48F5N3O6S/c1-24-27(22-28-29(43(46,47)48)17-13-18-30(28)44)38-51(37(52)34(24)26-16-12-19-33(55-8)35(26)45)32(23-58-38)36(25-14-10-9-11-15-25)49-21-20-31(39(53)56-41(2,3)4)50-40(54)57-42(5,6)7/h9-19,31-32,36,49H,20-23H2,1-8H3,(H,50,54). The maximum atomic E-state index is 16.0. The van der Waals surface area contributed by atoms with Crippen LogP contribution in [0.15, 0.2) is 76.6 Å². The molecule has 2 N–H and O–H groups in total. The molecule has 2 heterocycles. The van der Waals surface area contributed by atoms with E-state index < -0.39 is 82.3 Å². The van der Waals surface area contributed by atoms with Crippen LogP contribution in [-0.4, -0.2) is 53.3 Å². The van der Waals surface area contributed by atoms with Crippen molar-refractivity contribution in [2.75, 3.05) is 19.4 Å². The second-order valence-corrected chi connectivity index (χ2v) is 17.0. The van der Waals surface area contributed by atoms with E-state index in [1.54, 1.807) is 53.7 Å². The Labute approximate surface area is 338 Å². The van der Waals surface area contributed by atoms with Crippen molar-refractivity contribution in [3.8, 4) is 16.9 Å². The zero-order chi connectivity index (χ0) is 42.7. The van der Waals surface area contributed by atoms with Crippen LogP contribution in [0.2, 0.25) is 0 Å². The number of halogens is 5. The predicted molar refractivity (Wildman–Crippen MR) is 212 cm³/mol. The molecule has 9 nitrogen and oxygen atoms in total. The first-order valence-electron chi connectivity index (χ1n) is 18.7. The van der Waals surface area contributed by atoms with Crippen molar-refractivity contribution in [3.63, 3.8) is 0 Å². The lowest BCUT2D eigenvalue weighted by Crippen LogP contribution is -2.47. The lowest BCUT2D eigenvalue weighted by atomic mass is 9.91. The van der Waals surface area contributed by atoms with Crippen molar-refractivity contribution in [2.45, 2.75) is 102 Å². The van der Waals surface area contributed by atoms with Crippen molar-refractivity contribution < 1.29 is 45.8 Å². The van der Waals surface area contributed by atoms with Crippen LogP contribution in [0.4, 0.5) is 26.7 Å². The number of fused-ring (bicyclic) bond motifs is 1. The van der Waals surface area contributed by atoms with Crippen LogP contribution in [0.25, 0.3) is 11.1 Å². The van der Waals surface area contributed by atoms with E-state index in [1.165, 1.54) is 48.6 Å². The van der Waals surface area contributed by atoms with Gasteiger partial charge in [0.1, 0.15) is 23.1 Å². The van der Waals surface area contributed by atoms with Crippen molar-refractivity contribution in [2.24, 2.45) is 0 Å². The summed E-state index contributed by atoms with van der Waals surface area (Å²) in [6, 6.07) is 13.6. The highest BCUT2D eigenvalue weighted by Crippen LogP contribution is 2.45. The van der Waals surface area contributed by atoms with E-state index in [0.717, 1.165) is 23.8 Å². The SMILES string of the molecule is COc1cccc(-c2c(C)c(Cc3c(F)cccc3C(F)(F)F)c3n(c2=O)C(C(NCCC(NC(=O)OC(C)(C)C)C(=O)OC(C)(C)C)c2ccccc2)CS3)c1F. The maximum absolute atomic E-state index is 16.0. The Hall–Kier alpha value is -4.89. The summed E-state index contributed by atoms with van der Waals surface area (Å²) >= 11 is 1.23. The number of rotatable bonds is 12. The Kier molecular flexibility index (Phi) is 13.4. The first-order chi connectivity index (χ1) is 27.1. The van der Waals surface area contributed by atoms with Crippen molar-refractivity contribution in [1.82, 2.24) is 15.2 Å². The minimum absolute atomic E-state index is 0.0338. The number of alkyl carbamates (subject to hydrolysis) is 1. The smallest absolute Gasteiger partial charge is 0.416 e. The number of esters is 1. The summed E-state index contributed by atoms with van der Waals surface area (Å²) < 4.78 is 92.0. The van der Waals surface area contributed by atoms with Crippen LogP contribution in [0.3, 0.4) is 0 Å². The topological polar surface area (TPSA) is 108 Å². The molecule has 3 unspecified atom stereocenters. The number of nitrogens with zero attached hydrogens (tertiary/aromatic N) is 1. The highest BCUT2D eigenvalue weighted by atomic mass is 32.2. The monoisotopic (exact) mass is 829 g/mol. The zero-order valence-electron chi connectivity index (χ0n) is 33.6. The van der Waals surface area contributed by atoms with Gasteiger partial charge in [-0.1, -0.05) is 48.5 Å². The lowest BCUT2D eigenvalue weighted by molar-refractivity contribution is -0.157. The van der Waals surface area contributed by atoms with E-state index >= 15 is 8.78 Å². The summed E-state index contributed by atoms with van der Waals surface area (Å²) in [5, 5.41) is 6.38. The fraction of sp³-hybridized carbons (Fsp3) is 0.419. The van der Waals surface area contributed by atoms with Gasteiger partial charge in [0.05, 0.1) is 35.3 Å². The molecule has 0 aliphatic carbocycles. The number of carbonyl (C=O) groups excluding carboxylic acids is 2. The summed E-state index contributed by atoms with van der Waals surface area (Å²) in [5.41, 5.74) is -3.15. The summed E-state index contributed by atoms with van der Waals surface area (Å²) in [6.45, 7) is 11.8. The number of carbonyl (C=O) groups is 2. The molecule has 0 spiro atoms. The first-order valence-corrected chi connectivity index (χ1v) is 19.7. The molecule has 1 aliphatic rings. The molecule has 4 aromatic rings. The van der Waals surface area contributed by atoms with Crippen LogP contribution in [-0.2, 0) is 26.9 Å². The van der Waals surface area contributed by atoms with Crippen molar-refractivity contribution >= 4 is 23.8 Å². The van der Waals surface area contributed by atoms with Crippen molar-refractivity contribution in [3.05, 3.63) is 117 Å². The molecule has 0 bridgehead atoms. The minimum atomic E-state index is -4.88. The van der Waals surface area contributed by atoms with E-state index in [2.05, 4.69) is 10.6 Å². The van der Waals surface area contributed by atoms with Gasteiger partial charge in [-0.2, -0.15) is 13.2 Å². The van der Waals surface area contributed by atoms with Gasteiger partial charge >= 0.3 is 18.2 Å². The van der Waals surface area contributed by atoms with Crippen LogP contribution in [0.5, 0.6) is 5.75 Å². The Morgan fingerprint density at radius 2 is 1.55 bits per heavy atom. The highest BCUT2D eigenvalue weighted by Gasteiger charge is 2.39. The average Bonchev–Trinajstić information content (AvgIpc) is 3.56. The van der Waals surface area contributed by atoms with Gasteiger partial charge in [0.25, 0.3) is 5.56 Å². The molecule has 0 fully saturated rings. The van der Waals surface area contributed by atoms with Gasteiger partial charge < -0.3 is 24.8 Å². The van der Waals surface area contributed by atoms with Crippen LogP contribution < -0.4 is 20.9 Å². The summed E-state index contributed by atoms with van der Waals surface area (Å²) in [6.07, 6.45) is -6.21. The lowest BCUT2D eigenvalue weighted by Gasteiger charge is -2.30. The fourth-order valence-electron chi connectivity index (χ4n) is 6.93. The number of aromatic nitrogens is 1. The zero-order valence-corrected chi connectivity index (χ0v) is 34.4. The third kappa shape index (κ3) is 10.2. The predicted octanol–water partition coefficient (Wildman–Crippen LogP) is 9.32. The van der Waals surface area contributed by atoms with Gasteiger partial charge in [0, 0.05) is 23.3 Å². The molecule has 0 saturated heterocycles. The van der Waals surface area contributed by atoms with Crippen LogP contribution >= 0.6 is 11.8 Å². The van der Waals surface area contributed by atoms with Crippen LogP contribution in [0, 0.1) is 18.6 Å². The number of hydrogen-bond acceptors (Lipinski definition) is 8. The molecule has 1 aliphatic heterocycles. The molecular weight excluding hydrogens is 782 g/mol. The van der Waals surface area contributed by atoms with E-state index in [4.69, 9.17) is 14.2 Å². The number of alkyl halides is 3. The number of nitrogens with one attached hydrogen (secondary N) is 2. The fourth-order valence-corrected chi connectivity index (χ4v) is 8.36. The number of thioether (sulfide) groups is 1. The molecule has 312 valence electrons. The van der Waals surface area contributed by atoms with Gasteiger partial charge in [0.2, 0.25) is 0 Å². The second-order valence-electron chi connectivity index (χ2n) is 16.0. The summed E-state index contributed by atoms with van der Waals surface area (Å²) in [4.78, 5) is 41.0. The van der Waals surface area contributed by atoms with E-state index in [9.17, 15) is 27.6 Å². The number of benzene rings is 3. The maximum Gasteiger partial charge on any atom is 0.416 e. The molecule has 5 rings (SSSR count). The molecule has 1 aromatic heterocycles. The third-order valence-corrected chi connectivity index (χ3v) is 10.6. The molecule has 0 saturated carbocycles. The molecule has 1 amide bonds. The van der Waals surface area contributed by atoms with E-state index in [1.807, 2.05) is 18.2 Å². The Morgan fingerprint density at radius 1 is 0.897 bits per heavy atom. The van der Waals surface area contributed by atoms with E-state index in [-0.39, 0.29) is 46.7 Å². The third-order valence-electron chi connectivity index (χ3n) is 9.41. The molecule has 58 heavy (non-hydrogen) atoms. The number of amides is 1. The molecule has 0 radical (unpaired) electrons. The van der Waals surface area contributed by atoms with Gasteiger partial charge in [-0.3, -0.25) is 9.36 Å². The quantitative estimate of drug-likeness (QED) is 0.108. The second kappa shape index (κ2) is 17.5. The summed E-state index contributed by atoms with van der Waals surface area (Å²) in [7, 11) is 1.27. The van der Waals surface area contributed by atoms with Crippen LogP contribution in [0.1, 0.15) is 87.9 Å². The van der Waals surface area contributed by atoms with Gasteiger partial charge in [-0.15, -0.1) is 11.8 Å². The van der Waals surface area contributed by atoms with Gasteiger partial charge in [-0.05, 0) is 96.3 Å². The first kappa shape index (κ1) is 44.2. The molecule has 3 atom stereocenters. The highest BCUT2D eigenvalue weighted by molar-refractivity contribution is 7.99. The summed E-state index contributed by atoms with van der Waals surface area (Å²) in [5.74, 6) is -2.51. The van der Waals surface area contributed by atoms with Gasteiger partial charge in [0.15, 0.2) is 11.6 Å². The largest absolute Gasteiger partial charge is 0.494 e. The number of ether oxygens (including phenoxy) is 3. The van der Waals surface area contributed by atoms with E-state index in [0.29, 0.717) is 5.03 Å². The minimum Gasteiger partial charge on any atom is -0.494 e. The van der Waals surface area contributed by atoms with Gasteiger partial charge in [-0.25, -0.2) is 18.4 Å².